The zero-order valence-corrected chi connectivity index (χ0v) is 22.3. The molecule has 0 fully saturated rings. The number of aliphatic hydroxyl groups is 2. The van der Waals surface area contributed by atoms with Crippen LogP contribution in [-0.2, 0) is 0 Å². The number of halogens is 5. The standard InChI is InChI=1S/C7H10O2.C7H8.CH4.I3.I2/c1-5-3-2-4-6(8)7(5)9;1-7-5-3-2-4-6-7;;1-3-2;1-2/h2-4,6-9H,1H3;2-6H,1H3;1H4;;/q;;;-1;/t6-,7+;;;;/m0..../s1. The second-order valence-electron chi connectivity index (χ2n) is 3.94. The molecule has 2 nitrogen and oxygen atoms in total. The van der Waals surface area contributed by atoms with Crippen LogP contribution in [0.2, 0.25) is 0 Å². The van der Waals surface area contributed by atoms with Crippen LogP contribution in [0.15, 0.2) is 54.1 Å². The summed E-state index contributed by atoms with van der Waals surface area (Å²) in [5.41, 5.74) is 2.13. The van der Waals surface area contributed by atoms with Gasteiger partial charge < -0.3 is 10.2 Å². The van der Waals surface area contributed by atoms with E-state index in [9.17, 15) is 0 Å². The Morgan fingerprint density at radius 2 is 1.45 bits per heavy atom. The second kappa shape index (κ2) is 21.3. The van der Waals surface area contributed by atoms with E-state index >= 15 is 0 Å². The van der Waals surface area contributed by atoms with E-state index in [-0.39, 0.29) is 7.43 Å². The van der Waals surface area contributed by atoms with Crippen molar-refractivity contribution in [1.29, 1.82) is 0 Å². The molecule has 1 aromatic carbocycles. The molecule has 0 bridgehead atoms. The van der Waals surface area contributed by atoms with Gasteiger partial charge in [-0.15, -0.1) is 0 Å². The van der Waals surface area contributed by atoms with Crippen molar-refractivity contribution >= 4 is 74.5 Å². The summed E-state index contributed by atoms with van der Waals surface area (Å²) in [6, 6.07) is 10.3. The predicted molar refractivity (Wildman–Crippen MR) is 129 cm³/mol. The fourth-order valence-electron chi connectivity index (χ4n) is 1.33. The maximum absolute atomic E-state index is 9.08. The van der Waals surface area contributed by atoms with E-state index in [2.05, 4.69) is 93.5 Å². The molecule has 0 amide bonds. The molecule has 0 saturated carbocycles. The van der Waals surface area contributed by atoms with E-state index < -0.39 is 12.2 Å². The van der Waals surface area contributed by atoms with Gasteiger partial charge in [-0.05, 0) is 19.4 Å². The Kier molecular flexibility index (Phi) is 28.1. The van der Waals surface area contributed by atoms with Gasteiger partial charge in [-0.3, -0.25) is 0 Å². The fourth-order valence-corrected chi connectivity index (χ4v) is 1.33. The molecule has 2 N–H and O–H groups in total. The average Bonchev–Trinajstić information content (AvgIpc) is 2.49. The van der Waals surface area contributed by atoms with Crippen molar-refractivity contribution in [3.8, 4) is 0 Å². The Labute approximate surface area is 187 Å². The summed E-state index contributed by atoms with van der Waals surface area (Å²) < 4.78 is 0. The number of hydrogen-bond acceptors (Lipinski definition) is 2. The summed E-state index contributed by atoms with van der Waals surface area (Å²) in [6.07, 6.45) is 3.69. The van der Waals surface area contributed by atoms with E-state index in [0.717, 1.165) is 5.57 Å². The van der Waals surface area contributed by atoms with E-state index in [1.165, 1.54) is 5.56 Å². The van der Waals surface area contributed by atoms with Crippen LogP contribution in [0.3, 0.4) is 0 Å². The van der Waals surface area contributed by atoms with Gasteiger partial charge in [-0.1, -0.05) is 61.5 Å². The average molecular weight is 869 g/mol. The third-order valence-electron chi connectivity index (χ3n) is 2.40. The van der Waals surface area contributed by atoms with Gasteiger partial charge in [0.15, 0.2) is 0 Å². The van der Waals surface area contributed by atoms with Gasteiger partial charge in [0.25, 0.3) is 0 Å². The molecule has 0 saturated heterocycles. The number of aliphatic hydroxyl groups excluding tert-OH is 2. The first-order valence-electron chi connectivity index (χ1n) is 5.77. The third kappa shape index (κ3) is 17.1. The van der Waals surface area contributed by atoms with Crippen LogP contribution in [0, 0.1) is 6.92 Å². The van der Waals surface area contributed by atoms with Gasteiger partial charge in [0.05, 0.1) is 0 Å². The van der Waals surface area contributed by atoms with E-state index in [4.69, 9.17) is 10.2 Å². The molecule has 0 unspecified atom stereocenters. The molecule has 7 heteroatoms. The quantitative estimate of drug-likeness (QED) is 0.394. The molecule has 22 heavy (non-hydrogen) atoms. The fraction of sp³-hybridized carbons (Fsp3) is 0.333. The first-order valence-corrected chi connectivity index (χ1v) is 24.6. The minimum absolute atomic E-state index is 0. The van der Waals surface area contributed by atoms with Crippen LogP contribution < -0.4 is 13.3 Å². The topological polar surface area (TPSA) is 40.5 Å². The first-order chi connectivity index (χ1) is 10.0. The molecule has 1 aromatic rings. The number of hydrogen-bond donors (Lipinski definition) is 2. The molecule has 0 aromatic heterocycles. The Balaban J connectivity index is -0.000000250. The summed E-state index contributed by atoms with van der Waals surface area (Å²) in [6.45, 7) is 3.87. The molecule has 2 atom stereocenters. The van der Waals surface area contributed by atoms with E-state index in [0.29, 0.717) is 13.3 Å². The van der Waals surface area contributed by atoms with Crippen molar-refractivity contribution in [3.05, 3.63) is 59.7 Å². The summed E-state index contributed by atoms with van der Waals surface area (Å²) in [5, 5.41) is 18.0. The number of rotatable bonds is 0. The van der Waals surface area contributed by atoms with Gasteiger partial charge in [0.2, 0.25) is 0 Å². The number of aryl methyl sites for hydroxylation is 1. The van der Waals surface area contributed by atoms with Crippen molar-refractivity contribution in [3.63, 3.8) is 0 Å². The van der Waals surface area contributed by atoms with Crippen LogP contribution in [0.4, 0.5) is 0 Å². The maximum atomic E-state index is 9.08. The Bertz CT molecular complexity index is 396. The summed E-state index contributed by atoms with van der Waals surface area (Å²) in [7, 11) is 0. The van der Waals surface area contributed by atoms with Gasteiger partial charge in [0, 0.05) is 37.2 Å². The Hall–Kier alpha value is 2.27. The van der Waals surface area contributed by atoms with E-state index in [1.54, 1.807) is 25.2 Å². The molecule has 1 aliphatic rings. The van der Waals surface area contributed by atoms with Crippen LogP contribution in [-0.4, -0.2) is 22.4 Å². The molecular formula is C15H22I5O2-. The molecule has 2 rings (SSSR count). The van der Waals surface area contributed by atoms with Gasteiger partial charge >= 0.3 is 50.5 Å². The number of allylic oxidation sites excluding steroid dienone is 2. The SMILES string of the molecule is C.CC1=CC=C[C@H](O)[C@@H]1O.Cc1ccccc1.II.I[I-]I. The molecule has 130 valence electrons. The van der Waals surface area contributed by atoms with Crippen LogP contribution >= 0.6 is 74.5 Å². The summed E-state index contributed by atoms with van der Waals surface area (Å²) in [5.74, 6) is 0. The molecule has 0 radical (unpaired) electrons. The van der Waals surface area contributed by atoms with Gasteiger partial charge in [-0.2, -0.15) is 0 Å². The molecule has 1 aliphatic carbocycles. The van der Waals surface area contributed by atoms with Crippen molar-refractivity contribution in [2.75, 3.05) is 0 Å². The molecule has 0 spiro atoms. The van der Waals surface area contributed by atoms with Gasteiger partial charge in [0.1, 0.15) is 12.2 Å². The monoisotopic (exact) mass is 869 g/mol. The normalized spacial score (nSPS) is 18.1. The van der Waals surface area contributed by atoms with Crippen LogP contribution in [0.1, 0.15) is 19.9 Å². The molecule has 0 aliphatic heterocycles. The summed E-state index contributed by atoms with van der Waals surface area (Å²) >= 11 is 9.54. The third-order valence-corrected chi connectivity index (χ3v) is 2.40. The van der Waals surface area contributed by atoms with E-state index in [1.807, 2.05) is 18.2 Å². The zero-order valence-electron chi connectivity index (χ0n) is 11.6. The first kappa shape index (κ1) is 29.0. The second-order valence-corrected chi connectivity index (χ2v) is 20.2. The van der Waals surface area contributed by atoms with Crippen LogP contribution in [0.25, 0.3) is 0 Å². The van der Waals surface area contributed by atoms with Crippen LogP contribution in [0.5, 0.6) is 0 Å². The van der Waals surface area contributed by atoms with Crippen molar-refractivity contribution in [2.24, 2.45) is 0 Å². The Morgan fingerprint density at radius 3 is 1.73 bits per heavy atom. The Morgan fingerprint density at radius 1 is 1.00 bits per heavy atom. The predicted octanol–water partition coefficient (Wildman–Crippen LogP) is 3.40. The minimum atomic E-state index is -0.713. The van der Waals surface area contributed by atoms with Crippen molar-refractivity contribution in [2.45, 2.75) is 33.5 Å². The van der Waals surface area contributed by atoms with Crippen molar-refractivity contribution < 1.29 is 23.5 Å². The summed E-state index contributed by atoms with van der Waals surface area (Å²) in [4.78, 5) is 0. The number of benzene rings is 1. The van der Waals surface area contributed by atoms with Crippen molar-refractivity contribution in [1.82, 2.24) is 0 Å². The molecule has 0 heterocycles. The van der Waals surface area contributed by atoms with Gasteiger partial charge in [-0.25, -0.2) is 0 Å². The zero-order chi connectivity index (χ0) is 16.7. The molecular weight excluding hydrogens is 847 g/mol.